The van der Waals surface area contributed by atoms with Gasteiger partial charge in [-0.25, -0.2) is 12.8 Å². The Morgan fingerprint density at radius 2 is 1.86 bits per heavy atom. The molecule has 0 saturated carbocycles. The van der Waals surface area contributed by atoms with Crippen molar-refractivity contribution in [3.63, 3.8) is 0 Å². The van der Waals surface area contributed by atoms with Crippen molar-refractivity contribution in [1.29, 1.82) is 0 Å². The third kappa shape index (κ3) is 7.73. The molecule has 2 aromatic rings. The molecule has 2 aromatic carbocycles. The number of hydrogen-bond donors (Lipinski definition) is 1. The number of halogens is 1. The maximum atomic E-state index is 12.9. The Labute approximate surface area is 171 Å². The molecule has 0 heterocycles. The van der Waals surface area contributed by atoms with E-state index in [1.165, 1.54) is 12.1 Å². The van der Waals surface area contributed by atoms with Gasteiger partial charge in [-0.2, -0.15) is 0 Å². The van der Waals surface area contributed by atoms with Gasteiger partial charge in [0.25, 0.3) is 0 Å². The second kappa shape index (κ2) is 10.2. The number of carbonyl (C=O) groups is 1. The normalized spacial score (nSPS) is 11.3. The van der Waals surface area contributed by atoms with E-state index in [0.717, 1.165) is 16.1 Å². The van der Waals surface area contributed by atoms with Crippen molar-refractivity contribution in [3.8, 4) is 5.75 Å². The van der Waals surface area contributed by atoms with E-state index in [4.69, 9.17) is 4.74 Å². The number of nitrogens with one attached hydrogen (secondary N) is 1. The van der Waals surface area contributed by atoms with Crippen molar-refractivity contribution in [2.45, 2.75) is 32.8 Å². The number of benzene rings is 2. The van der Waals surface area contributed by atoms with Crippen molar-refractivity contribution in [2.24, 2.45) is 0 Å². The molecule has 6 nitrogen and oxygen atoms in total. The first kappa shape index (κ1) is 22.7. The molecular formula is C21H27FN2O4S. The van der Waals surface area contributed by atoms with Crippen molar-refractivity contribution in [2.75, 3.05) is 23.7 Å². The Bertz CT molecular complexity index is 915. The van der Waals surface area contributed by atoms with Crippen LogP contribution in [0.15, 0.2) is 48.5 Å². The number of amides is 1. The summed E-state index contributed by atoms with van der Waals surface area (Å²) in [5, 5.41) is 2.73. The summed E-state index contributed by atoms with van der Waals surface area (Å²) >= 11 is 0. The molecule has 0 unspecified atom stereocenters. The summed E-state index contributed by atoms with van der Waals surface area (Å²) in [4.78, 5) is 12.3. The molecule has 0 aromatic heterocycles. The third-order valence-corrected chi connectivity index (χ3v) is 5.18. The summed E-state index contributed by atoms with van der Waals surface area (Å²) in [7, 11) is -3.65. The van der Waals surface area contributed by atoms with E-state index in [2.05, 4.69) is 5.32 Å². The highest BCUT2D eigenvalue weighted by Crippen LogP contribution is 2.23. The number of nitrogens with zero attached hydrogens (tertiary/aromatic N) is 1. The van der Waals surface area contributed by atoms with Crippen LogP contribution in [0.25, 0.3) is 0 Å². The molecule has 0 spiro atoms. The van der Waals surface area contributed by atoms with Crippen LogP contribution in [0.3, 0.4) is 0 Å². The summed E-state index contributed by atoms with van der Waals surface area (Å²) in [5.74, 6) is -0.152. The van der Waals surface area contributed by atoms with Gasteiger partial charge in [-0.1, -0.05) is 18.2 Å². The standard InChI is InChI=1S/C21H27FN2O4S/c1-16(2)28-20-8-4-7-19(14-20)24(29(3,26)27)15-21(25)23-13-5-6-17-9-11-18(22)12-10-17/h4,7-12,14,16H,5-6,13,15H2,1-3H3,(H,23,25). The van der Waals surface area contributed by atoms with Crippen molar-refractivity contribution in [1.82, 2.24) is 5.32 Å². The van der Waals surface area contributed by atoms with Gasteiger partial charge in [0.15, 0.2) is 0 Å². The van der Waals surface area contributed by atoms with Crippen LogP contribution in [0.5, 0.6) is 5.75 Å². The Hall–Kier alpha value is -2.61. The number of carbonyl (C=O) groups excluding carboxylic acids is 1. The molecule has 0 fully saturated rings. The minimum Gasteiger partial charge on any atom is -0.491 e. The smallest absolute Gasteiger partial charge is 0.240 e. The summed E-state index contributed by atoms with van der Waals surface area (Å²) in [6.45, 7) is 3.83. The van der Waals surface area contributed by atoms with E-state index in [1.807, 2.05) is 13.8 Å². The first-order valence-electron chi connectivity index (χ1n) is 9.41. The monoisotopic (exact) mass is 422 g/mol. The van der Waals surface area contributed by atoms with Crippen LogP contribution < -0.4 is 14.4 Å². The Kier molecular flexibility index (Phi) is 8.01. The predicted molar refractivity (Wildman–Crippen MR) is 112 cm³/mol. The summed E-state index contributed by atoms with van der Waals surface area (Å²) in [6, 6.07) is 12.8. The fraction of sp³-hybridized carbons (Fsp3) is 0.381. The second-order valence-corrected chi connectivity index (χ2v) is 8.92. The van der Waals surface area contributed by atoms with Crippen LogP contribution >= 0.6 is 0 Å². The molecule has 0 aliphatic rings. The van der Waals surface area contributed by atoms with Crippen LogP contribution in [-0.2, 0) is 21.2 Å². The average molecular weight is 423 g/mol. The number of sulfonamides is 1. The van der Waals surface area contributed by atoms with Gasteiger partial charge in [-0.15, -0.1) is 0 Å². The minimum atomic E-state index is -3.65. The van der Waals surface area contributed by atoms with Crippen molar-refractivity contribution < 1.29 is 22.3 Å². The molecule has 0 bridgehead atoms. The highest BCUT2D eigenvalue weighted by Gasteiger charge is 2.21. The largest absolute Gasteiger partial charge is 0.491 e. The Morgan fingerprint density at radius 3 is 2.48 bits per heavy atom. The van der Waals surface area contributed by atoms with Crippen LogP contribution in [0.4, 0.5) is 10.1 Å². The van der Waals surface area contributed by atoms with E-state index in [0.29, 0.717) is 30.8 Å². The molecule has 0 aliphatic carbocycles. The van der Waals surface area contributed by atoms with Gasteiger partial charge < -0.3 is 10.1 Å². The van der Waals surface area contributed by atoms with Crippen LogP contribution in [0.1, 0.15) is 25.8 Å². The SMILES string of the molecule is CC(C)Oc1cccc(N(CC(=O)NCCCc2ccc(F)cc2)S(C)(=O)=O)c1. The van der Waals surface area contributed by atoms with E-state index in [9.17, 15) is 17.6 Å². The molecular weight excluding hydrogens is 395 g/mol. The van der Waals surface area contributed by atoms with Gasteiger partial charge in [0, 0.05) is 12.6 Å². The maximum absolute atomic E-state index is 12.9. The lowest BCUT2D eigenvalue weighted by molar-refractivity contribution is -0.119. The summed E-state index contributed by atoms with van der Waals surface area (Å²) in [5.41, 5.74) is 1.34. The van der Waals surface area contributed by atoms with Crippen molar-refractivity contribution >= 4 is 21.6 Å². The van der Waals surface area contributed by atoms with Gasteiger partial charge in [0.2, 0.25) is 15.9 Å². The lowest BCUT2D eigenvalue weighted by Crippen LogP contribution is -2.40. The lowest BCUT2D eigenvalue weighted by atomic mass is 10.1. The number of aryl methyl sites for hydroxylation is 1. The highest BCUT2D eigenvalue weighted by atomic mass is 32.2. The summed E-state index contributed by atoms with van der Waals surface area (Å²) in [6.07, 6.45) is 2.35. The quantitative estimate of drug-likeness (QED) is 0.597. The van der Waals surface area contributed by atoms with Crippen LogP contribution in [-0.4, -0.2) is 39.8 Å². The Morgan fingerprint density at radius 1 is 1.17 bits per heavy atom. The van der Waals surface area contributed by atoms with E-state index in [-0.39, 0.29) is 18.5 Å². The zero-order valence-electron chi connectivity index (χ0n) is 16.9. The first-order valence-corrected chi connectivity index (χ1v) is 11.3. The Balaban J connectivity index is 1.94. The fourth-order valence-electron chi connectivity index (χ4n) is 2.74. The molecule has 1 amide bonds. The maximum Gasteiger partial charge on any atom is 0.240 e. The van der Waals surface area contributed by atoms with E-state index >= 15 is 0 Å². The zero-order chi connectivity index (χ0) is 21.4. The first-order chi connectivity index (χ1) is 13.6. The highest BCUT2D eigenvalue weighted by molar-refractivity contribution is 7.92. The van der Waals surface area contributed by atoms with Gasteiger partial charge >= 0.3 is 0 Å². The molecule has 29 heavy (non-hydrogen) atoms. The van der Waals surface area contributed by atoms with Crippen LogP contribution in [0.2, 0.25) is 0 Å². The molecule has 0 radical (unpaired) electrons. The predicted octanol–water partition coefficient (Wildman–Crippen LogP) is 3.13. The van der Waals surface area contributed by atoms with Crippen LogP contribution in [0, 0.1) is 5.82 Å². The minimum absolute atomic E-state index is 0.0543. The zero-order valence-corrected chi connectivity index (χ0v) is 17.7. The van der Waals surface area contributed by atoms with Crippen molar-refractivity contribution in [3.05, 3.63) is 59.9 Å². The van der Waals surface area contributed by atoms with Gasteiger partial charge in [-0.3, -0.25) is 9.10 Å². The number of anilines is 1. The van der Waals surface area contributed by atoms with Gasteiger partial charge in [0.05, 0.1) is 18.0 Å². The summed E-state index contributed by atoms with van der Waals surface area (Å²) < 4.78 is 44.0. The molecule has 8 heteroatoms. The molecule has 1 N–H and O–H groups in total. The lowest BCUT2D eigenvalue weighted by Gasteiger charge is -2.22. The molecule has 2 rings (SSSR count). The number of rotatable bonds is 10. The topological polar surface area (TPSA) is 75.7 Å². The third-order valence-electron chi connectivity index (χ3n) is 4.04. The second-order valence-electron chi connectivity index (χ2n) is 7.01. The molecule has 0 saturated heterocycles. The molecule has 0 aliphatic heterocycles. The van der Waals surface area contributed by atoms with Gasteiger partial charge in [0.1, 0.15) is 18.1 Å². The number of hydrogen-bond acceptors (Lipinski definition) is 4. The number of ether oxygens (including phenoxy) is 1. The average Bonchev–Trinajstić information content (AvgIpc) is 2.63. The molecule has 0 atom stereocenters. The molecule has 158 valence electrons. The van der Waals surface area contributed by atoms with E-state index < -0.39 is 15.9 Å². The van der Waals surface area contributed by atoms with Gasteiger partial charge in [-0.05, 0) is 56.5 Å². The van der Waals surface area contributed by atoms with E-state index in [1.54, 1.807) is 36.4 Å². The fourth-order valence-corrected chi connectivity index (χ4v) is 3.59.